The molecule has 2 fully saturated rings. The molecule has 1 unspecified atom stereocenters. The van der Waals surface area contributed by atoms with E-state index in [-0.39, 0.29) is 0 Å². The van der Waals surface area contributed by atoms with E-state index in [4.69, 9.17) is 5.11 Å². The number of nitrogens with zero attached hydrogens (tertiary/aromatic N) is 1. The van der Waals surface area contributed by atoms with Crippen LogP contribution in [0, 0.1) is 11.3 Å². The van der Waals surface area contributed by atoms with Crippen LogP contribution in [0.5, 0.6) is 0 Å². The molecule has 2 aliphatic rings. The third-order valence-electron chi connectivity index (χ3n) is 4.68. The summed E-state index contributed by atoms with van der Waals surface area (Å²) in [5, 5.41) is 12.4. The van der Waals surface area contributed by atoms with Crippen LogP contribution in [-0.4, -0.2) is 49.8 Å². The molecule has 0 aromatic rings. The average molecular weight is 240 g/mol. The minimum atomic E-state index is 0.361. The molecule has 1 aliphatic heterocycles. The molecule has 17 heavy (non-hydrogen) atoms. The molecule has 1 aliphatic carbocycles. The van der Waals surface area contributed by atoms with Gasteiger partial charge in [0.15, 0.2) is 0 Å². The Morgan fingerprint density at radius 2 is 2.12 bits per heavy atom. The van der Waals surface area contributed by atoms with Crippen molar-refractivity contribution in [3.63, 3.8) is 0 Å². The fourth-order valence-corrected chi connectivity index (χ4v) is 3.84. The van der Waals surface area contributed by atoms with Gasteiger partial charge in [0, 0.05) is 26.2 Å². The largest absolute Gasteiger partial charge is 0.396 e. The fraction of sp³-hybridized carbons (Fsp3) is 1.00. The molecular formula is C14H28N2O. The highest BCUT2D eigenvalue weighted by molar-refractivity contribution is 4.91. The lowest BCUT2D eigenvalue weighted by molar-refractivity contribution is 0.167. The van der Waals surface area contributed by atoms with Gasteiger partial charge in [-0.05, 0) is 50.6 Å². The van der Waals surface area contributed by atoms with Gasteiger partial charge in [0.2, 0.25) is 0 Å². The molecule has 0 radical (unpaired) electrons. The Balaban J connectivity index is 1.83. The Morgan fingerprint density at radius 1 is 1.35 bits per heavy atom. The number of nitrogens with one attached hydrogen (secondary N) is 1. The van der Waals surface area contributed by atoms with E-state index in [0.717, 1.165) is 12.3 Å². The van der Waals surface area contributed by atoms with Gasteiger partial charge in [-0.15, -0.1) is 0 Å². The molecule has 0 amide bonds. The van der Waals surface area contributed by atoms with Crippen molar-refractivity contribution in [1.29, 1.82) is 0 Å². The quantitative estimate of drug-likeness (QED) is 0.738. The van der Waals surface area contributed by atoms with Crippen LogP contribution in [0.1, 0.15) is 38.5 Å². The maximum atomic E-state index is 9.00. The van der Waals surface area contributed by atoms with E-state index in [0.29, 0.717) is 12.0 Å². The van der Waals surface area contributed by atoms with E-state index in [1.165, 1.54) is 58.3 Å². The van der Waals surface area contributed by atoms with Gasteiger partial charge in [-0.1, -0.05) is 12.8 Å². The van der Waals surface area contributed by atoms with Crippen molar-refractivity contribution in [3.8, 4) is 0 Å². The third kappa shape index (κ3) is 3.43. The van der Waals surface area contributed by atoms with Crippen molar-refractivity contribution in [2.45, 2.75) is 38.5 Å². The molecule has 0 aromatic carbocycles. The maximum absolute atomic E-state index is 9.00. The zero-order chi connectivity index (χ0) is 12.1. The number of rotatable bonds is 6. The van der Waals surface area contributed by atoms with Gasteiger partial charge in [-0.2, -0.15) is 0 Å². The molecule has 0 spiro atoms. The van der Waals surface area contributed by atoms with Gasteiger partial charge in [0.25, 0.3) is 0 Å². The molecule has 1 atom stereocenters. The molecule has 0 bridgehead atoms. The summed E-state index contributed by atoms with van der Waals surface area (Å²) < 4.78 is 0. The smallest absolute Gasteiger partial charge is 0.0434 e. The Labute approximate surface area is 106 Å². The SMILES string of the molecule is CNCC1(CN2CCC(CCO)C2)CCCC1. The predicted molar refractivity (Wildman–Crippen MR) is 71.1 cm³/mol. The van der Waals surface area contributed by atoms with Gasteiger partial charge in [0.1, 0.15) is 0 Å². The zero-order valence-corrected chi connectivity index (χ0v) is 11.2. The summed E-state index contributed by atoms with van der Waals surface area (Å²) in [4.78, 5) is 2.64. The second-order valence-corrected chi connectivity index (χ2v) is 6.14. The van der Waals surface area contributed by atoms with E-state index < -0.39 is 0 Å². The van der Waals surface area contributed by atoms with Gasteiger partial charge in [0.05, 0.1) is 0 Å². The van der Waals surface area contributed by atoms with Crippen molar-refractivity contribution >= 4 is 0 Å². The number of hydrogen-bond donors (Lipinski definition) is 2. The van der Waals surface area contributed by atoms with E-state index >= 15 is 0 Å². The second-order valence-electron chi connectivity index (χ2n) is 6.14. The van der Waals surface area contributed by atoms with Crippen LogP contribution >= 0.6 is 0 Å². The monoisotopic (exact) mass is 240 g/mol. The number of aliphatic hydroxyl groups is 1. The third-order valence-corrected chi connectivity index (χ3v) is 4.68. The minimum Gasteiger partial charge on any atom is -0.396 e. The Hall–Kier alpha value is -0.120. The van der Waals surface area contributed by atoms with Crippen molar-refractivity contribution < 1.29 is 5.11 Å². The van der Waals surface area contributed by atoms with Crippen LogP contribution in [0.2, 0.25) is 0 Å². The Kier molecular flexibility index (Phi) is 4.83. The minimum absolute atomic E-state index is 0.361. The number of hydrogen-bond acceptors (Lipinski definition) is 3. The first-order chi connectivity index (χ1) is 8.28. The Morgan fingerprint density at radius 3 is 2.76 bits per heavy atom. The number of likely N-dealkylation sites (tertiary alicyclic amines) is 1. The standard InChI is InChI=1S/C14H28N2O/c1-15-11-14(6-2-3-7-14)12-16-8-4-13(10-16)5-9-17/h13,15,17H,2-12H2,1H3. The van der Waals surface area contributed by atoms with Crippen LogP contribution in [-0.2, 0) is 0 Å². The first-order valence-electron chi connectivity index (χ1n) is 7.26. The summed E-state index contributed by atoms with van der Waals surface area (Å²) in [6, 6.07) is 0. The van der Waals surface area contributed by atoms with Crippen LogP contribution in [0.15, 0.2) is 0 Å². The van der Waals surface area contributed by atoms with Gasteiger partial charge >= 0.3 is 0 Å². The molecule has 1 saturated heterocycles. The van der Waals surface area contributed by atoms with Crippen LogP contribution < -0.4 is 5.32 Å². The van der Waals surface area contributed by atoms with Crippen LogP contribution in [0.3, 0.4) is 0 Å². The molecule has 2 N–H and O–H groups in total. The van der Waals surface area contributed by atoms with E-state index in [1.54, 1.807) is 0 Å². The fourth-order valence-electron chi connectivity index (χ4n) is 3.84. The second kappa shape index (κ2) is 6.17. The van der Waals surface area contributed by atoms with Crippen molar-refractivity contribution in [2.75, 3.05) is 39.8 Å². The molecule has 1 heterocycles. The van der Waals surface area contributed by atoms with Crippen molar-refractivity contribution in [2.24, 2.45) is 11.3 Å². The normalized spacial score (nSPS) is 28.9. The first kappa shape index (κ1) is 13.3. The summed E-state index contributed by atoms with van der Waals surface area (Å²) in [6.45, 7) is 5.27. The van der Waals surface area contributed by atoms with Gasteiger partial charge < -0.3 is 15.3 Å². The lowest BCUT2D eigenvalue weighted by atomic mass is 9.85. The molecule has 3 heteroatoms. The summed E-state index contributed by atoms with van der Waals surface area (Å²) in [5.74, 6) is 0.744. The summed E-state index contributed by atoms with van der Waals surface area (Å²) in [5.41, 5.74) is 0.544. The Bertz CT molecular complexity index is 226. The number of aliphatic hydroxyl groups excluding tert-OH is 1. The highest BCUT2D eigenvalue weighted by atomic mass is 16.3. The lowest BCUT2D eigenvalue weighted by Crippen LogP contribution is -2.41. The summed E-state index contributed by atoms with van der Waals surface area (Å²) in [6.07, 6.45) is 7.90. The van der Waals surface area contributed by atoms with Crippen molar-refractivity contribution in [1.82, 2.24) is 10.2 Å². The summed E-state index contributed by atoms with van der Waals surface area (Å²) >= 11 is 0. The average Bonchev–Trinajstić information content (AvgIpc) is 2.91. The van der Waals surface area contributed by atoms with E-state index in [9.17, 15) is 0 Å². The van der Waals surface area contributed by atoms with E-state index in [2.05, 4.69) is 17.3 Å². The predicted octanol–water partition coefficient (Wildman–Crippen LogP) is 1.47. The van der Waals surface area contributed by atoms with Crippen molar-refractivity contribution in [3.05, 3.63) is 0 Å². The van der Waals surface area contributed by atoms with E-state index in [1.807, 2.05) is 0 Å². The molecular weight excluding hydrogens is 212 g/mol. The summed E-state index contributed by atoms with van der Waals surface area (Å²) in [7, 11) is 2.08. The highest BCUT2D eigenvalue weighted by Crippen LogP contribution is 2.39. The van der Waals surface area contributed by atoms with Gasteiger partial charge in [-0.25, -0.2) is 0 Å². The molecule has 0 aromatic heterocycles. The molecule has 2 rings (SSSR count). The highest BCUT2D eigenvalue weighted by Gasteiger charge is 2.36. The van der Waals surface area contributed by atoms with Gasteiger partial charge in [-0.3, -0.25) is 0 Å². The molecule has 1 saturated carbocycles. The maximum Gasteiger partial charge on any atom is 0.0434 e. The molecule has 100 valence electrons. The molecule has 3 nitrogen and oxygen atoms in total. The first-order valence-corrected chi connectivity index (χ1v) is 7.26. The van der Waals surface area contributed by atoms with Crippen LogP contribution in [0.4, 0.5) is 0 Å². The van der Waals surface area contributed by atoms with Crippen LogP contribution in [0.25, 0.3) is 0 Å². The topological polar surface area (TPSA) is 35.5 Å². The lowest BCUT2D eigenvalue weighted by Gasteiger charge is -2.33. The zero-order valence-electron chi connectivity index (χ0n) is 11.2.